The molecule has 0 aliphatic rings. The molecule has 0 aliphatic carbocycles. The number of unbranched alkanes of at least 4 members (excludes halogenated alkanes) is 4. The van der Waals surface area contributed by atoms with Crippen molar-refractivity contribution in [3.8, 4) is 0 Å². The smallest absolute Gasteiger partial charge is 0.374 e. The third-order valence-electron chi connectivity index (χ3n) is 8.67. The molecule has 0 saturated heterocycles. The molecule has 18 heteroatoms. The van der Waals surface area contributed by atoms with Gasteiger partial charge in [-0.2, -0.15) is 0 Å². The highest BCUT2D eigenvalue weighted by Gasteiger charge is 2.34. The lowest BCUT2D eigenvalue weighted by Gasteiger charge is -2.34. The van der Waals surface area contributed by atoms with E-state index in [1.54, 1.807) is 13.8 Å². The molecule has 0 amide bonds. The van der Waals surface area contributed by atoms with Gasteiger partial charge in [-0.05, 0) is 116 Å². The molecule has 0 aromatic carbocycles. The molecule has 0 aliphatic heterocycles. The predicted molar refractivity (Wildman–Crippen MR) is 224 cm³/mol. The zero-order chi connectivity index (χ0) is 43.6. The van der Waals surface area contributed by atoms with E-state index in [9.17, 15) is 38.4 Å². The van der Waals surface area contributed by atoms with Gasteiger partial charge in [0.1, 0.15) is 0 Å². The Morgan fingerprint density at radius 1 is 0.357 bits per heavy atom. The molecule has 0 unspecified atom stereocenters. The van der Waals surface area contributed by atoms with Gasteiger partial charge < -0.3 is 27.2 Å². The van der Waals surface area contributed by atoms with Crippen molar-refractivity contribution in [2.45, 2.75) is 167 Å². The number of carbonyl (C=O) groups is 8. The lowest BCUT2D eigenvalue weighted by Crippen LogP contribution is -2.44. The number of ketones is 4. The number of Topliss-reactive ketones (excluding diaryl/α,β-unsaturated/α-hetero) is 4. The molecule has 0 fully saturated rings. The number of hydrogen-bond donors (Lipinski definition) is 0. The summed E-state index contributed by atoms with van der Waals surface area (Å²) < 4.78 is 31.3. The van der Waals surface area contributed by atoms with Gasteiger partial charge in [0.15, 0.2) is 33.3 Å². The van der Waals surface area contributed by atoms with Crippen molar-refractivity contribution in [1.29, 1.82) is 0 Å². The zero-order valence-electron chi connectivity index (χ0n) is 36.4. The lowest BCUT2D eigenvalue weighted by atomic mass is 10.2. The first-order chi connectivity index (χ1) is 25.9. The number of hydrogen-bond acceptors (Lipinski definition) is 14. The van der Waals surface area contributed by atoms with Gasteiger partial charge in [0.25, 0.3) is 0 Å². The summed E-state index contributed by atoms with van der Waals surface area (Å²) in [5.74, 6) is -4.91. The van der Waals surface area contributed by atoms with Crippen LogP contribution in [0.15, 0.2) is 0 Å². The molecular formula is C38H72O14Si4. The van der Waals surface area contributed by atoms with E-state index in [4.69, 9.17) is 17.7 Å². The molecule has 0 aromatic rings. The van der Waals surface area contributed by atoms with Gasteiger partial charge in [0.2, 0.25) is 23.1 Å². The molecule has 324 valence electrons. The molecule has 0 spiro atoms. The number of esters is 4. The van der Waals surface area contributed by atoms with Gasteiger partial charge in [-0.3, -0.25) is 19.2 Å². The van der Waals surface area contributed by atoms with Crippen LogP contribution in [0.2, 0.25) is 76.6 Å². The second kappa shape index (κ2) is 28.7. The summed E-state index contributed by atoms with van der Waals surface area (Å²) >= 11 is 0. The van der Waals surface area contributed by atoms with Crippen LogP contribution in [0.5, 0.6) is 0 Å². The molecule has 56 heavy (non-hydrogen) atoms. The van der Waals surface area contributed by atoms with Crippen molar-refractivity contribution in [1.82, 2.24) is 0 Å². The van der Waals surface area contributed by atoms with Gasteiger partial charge >= 0.3 is 23.9 Å². The van der Waals surface area contributed by atoms with Crippen molar-refractivity contribution in [2.24, 2.45) is 0 Å². The van der Waals surface area contributed by atoms with Crippen LogP contribution in [0.4, 0.5) is 0 Å². The van der Waals surface area contributed by atoms with E-state index in [-0.39, 0.29) is 38.9 Å². The number of ether oxygens (including phenoxy) is 4. The minimum absolute atomic E-state index is 0.214. The monoisotopic (exact) mass is 864 g/mol. The van der Waals surface area contributed by atoms with Crippen LogP contribution < -0.4 is 0 Å². The Morgan fingerprint density at radius 3 is 0.768 bits per heavy atom. The molecule has 0 atom stereocenters. The van der Waals surface area contributed by atoms with E-state index >= 15 is 0 Å². The van der Waals surface area contributed by atoms with E-state index in [0.717, 1.165) is 49.9 Å². The van der Waals surface area contributed by atoms with Crippen molar-refractivity contribution in [2.75, 3.05) is 27.4 Å². The maximum atomic E-state index is 11.6. The lowest BCUT2D eigenvalue weighted by molar-refractivity contribution is -0.153. The second-order valence-electron chi connectivity index (χ2n) is 16.2. The minimum atomic E-state index is -1.87. The fraction of sp³-hybridized carbons (Fsp3) is 0.789. The van der Waals surface area contributed by atoms with Crippen LogP contribution in [-0.2, 0) is 65.5 Å². The van der Waals surface area contributed by atoms with Gasteiger partial charge in [0, 0.05) is 25.7 Å². The zero-order valence-corrected chi connectivity index (χ0v) is 40.4. The normalized spacial score (nSPS) is 11.8. The fourth-order valence-electron chi connectivity index (χ4n) is 6.10. The molecular weight excluding hydrogens is 793 g/mol. The van der Waals surface area contributed by atoms with E-state index in [1.165, 1.54) is 14.2 Å². The number of carbonyl (C=O) groups excluding carboxylic acids is 8. The molecule has 0 saturated carbocycles. The summed E-state index contributed by atoms with van der Waals surface area (Å²) in [6.45, 7) is 21.2. The molecule has 0 N–H and O–H groups in total. The molecule has 0 bridgehead atoms. The van der Waals surface area contributed by atoms with Crippen LogP contribution in [-0.4, -0.2) is 108 Å². The second-order valence-corrected chi connectivity index (χ2v) is 33.9. The summed E-state index contributed by atoms with van der Waals surface area (Å²) in [5, 5.41) is 0. The summed E-state index contributed by atoms with van der Waals surface area (Å²) in [4.78, 5) is 91.0. The maximum Gasteiger partial charge on any atom is 0.374 e. The van der Waals surface area contributed by atoms with Crippen LogP contribution in [0.25, 0.3) is 0 Å². The standard InChI is InChI=1S/C20H38O7Si2.C18H34O7Si2/c1-7-25-19(23)17(21)13-9-11-15-28(3,4)27-29(5,6)16-12-10-14-18(22)20(24)26-8-2;1-23-17(21)15(19)11-7-9-13-26(3,4)25-27(5,6)14-10-8-12-16(20)18(22)24-2/h7-16H2,1-6H3;7-14H2,1-6H3. The van der Waals surface area contributed by atoms with Crippen LogP contribution in [0, 0.1) is 0 Å². The summed E-state index contributed by atoms with van der Waals surface area (Å²) in [5.41, 5.74) is 0. The highest BCUT2D eigenvalue weighted by molar-refractivity contribution is 6.85. The van der Waals surface area contributed by atoms with E-state index in [1.807, 2.05) is 0 Å². The first-order valence-electron chi connectivity index (χ1n) is 19.9. The van der Waals surface area contributed by atoms with Crippen LogP contribution in [0.1, 0.15) is 90.9 Å². The van der Waals surface area contributed by atoms with Gasteiger partial charge in [-0.1, -0.05) is 25.7 Å². The number of methoxy groups -OCH3 is 2. The Labute approximate surface area is 339 Å². The minimum Gasteiger partial charge on any atom is -0.463 e. The first kappa shape index (κ1) is 55.4. The van der Waals surface area contributed by atoms with Crippen molar-refractivity contribution < 1.29 is 65.5 Å². The quantitative estimate of drug-likeness (QED) is 0.0230. The SMILES string of the molecule is CCOC(=O)C(=O)CCCC[Si](C)(C)O[Si](C)(C)CCCCC(=O)C(=O)OCC.COC(=O)C(=O)CCCC[Si](C)(C)O[Si](C)(C)CCCCC(=O)C(=O)OC. The Kier molecular flexibility index (Phi) is 28.4. The molecule has 0 aromatic heterocycles. The third kappa shape index (κ3) is 28.7. The maximum absolute atomic E-state index is 11.6. The highest BCUT2D eigenvalue weighted by Crippen LogP contribution is 2.27. The Balaban J connectivity index is 0. The highest BCUT2D eigenvalue weighted by atomic mass is 28.4. The van der Waals surface area contributed by atoms with Gasteiger partial charge in [0.05, 0.1) is 27.4 Å². The van der Waals surface area contributed by atoms with E-state index < -0.39 is 80.3 Å². The Morgan fingerprint density at radius 2 is 0.571 bits per heavy atom. The van der Waals surface area contributed by atoms with Crippen LogP contribution in [0.3, 0.4) is 0 Å². The summed E-state index contributed by atoms with van der Waals surface area (Å²) in [6, 6.07) is 3.72. The molecule has 0 radical (unpaired) electrons. The third-order valence-corrected chi connectivity index (χ3v) is 23.7. The van der Waals surface area contributed by atoms with Crippen molar-refractivity contribution >= 4 is 80.3 Å². The average Bonchev–Trinajstić information content (AvgIpc) is 3.10. The molecule has 14 nitrogen and oxygen atoms in total. The van der Waals surface area contributed by atoms with E-state index in [0.29, 0.717) is 25.7 Å². The van der Waals surface area contributed by atoms with Gasteiger partial charge in [-0.15, -0.1) is 0 Å². The topological polar surface area (TPSA) is 192 Å². The van der Waals surface area contributed by atoms with E-state index in [2.05, 4.69) is 61.8 Å². The van der Waals surface area contributed by atoms with Crippen LogP contribution >= 0.6 is 0 Å². The number of rotatable bonds is 30. The predicted octanol–water partition coefficient (Wildman–Crippen LogP) is 7.26. The average molecular weight is 865 g/mol. The van der Waals surface area contributed by atoms with Gasteiger partial charge in [-0.25, -0.2) is 19.2 Å². The fourth-order valence-corrected chi connectivity index (χ4v) is 24.1. The molecule has 0 rings (SSSR count). The van der Waals surface area contributed by atoms with Crippen molar-refractivity contribution in [3.05, 3.63) is 0 Å². The largest absolute Gasteiger partial charge is 0.463 e. The summed E-state index contributed by atoms with van der Waals surface area (Å²) in [7, 11) is -5.04. The Hall–Kier alpha value is -2.65. The van der Waals surface area contributed by atoms with Crippen molar-refractivity contribution in [3.63, 3.8) is 0 Å². The first-order valence-corrected chi connectivity index (χ1v) is 32.4. The molecule has 0 heterocycles. The summed E-state index contributed by atoms with van der Waals surface area (Å²) in [6.07, 6.45) is 6.91. The Bertz CT molecular complexity index is 1190.